The van der Waals surface area contributed by atoms with Crippen molar-refractivity contribution in [1.29, 1.82) is 0 Å². The molecule has 1 N–H and O–H groups in total. The van der Waals surface area contributed by atoms with Gasteiger partial charge in [0.1, 0.15) is 11.0 Å². The molecule has 2 aromatic heterocycles. The molecule has 3 rings (SSSR count). The maximum Gasteiger partial charge on any atom is 0.320 e. The number of pyridine rings is 1. The van der Waals surface area contributed by atoms with E-state index in [1.807, 2.05) is 28.5 Å². The van der Waals surface area contributed by atoms with E-state index in [-0.39, 0.29) is 6.04 Å². The SMILES string of the molecule is O=C(O)C1CCCCN1Cc1csc(-c2ccccn2)n1. The van der Waals surface area contributed by atoms with Crippen LogP contribution in [0.15, 0.2) is 29.8 Å². The van der Waals surface area contributed by atoms with Crippen molar-refractivity contribution >= 4 is 17.3 Å². The topological polar surface area (TPSA) is 66.3 Å². The van der Waals surface area contributed by atoms with Gasteiger partial charge in [-0.25, -0.2) is 4.98 Å². The highest BCUT2D eigenvalue weighted by atomic mass is 32.1. The summed E-state index contributed by atoms with van der Waals surface area (Å²) in [6.07, 6.45) is 4.53. The van der Waals surface area contributed by atoms with Crippen LogP contribution in [0.2, 0.25) is 0 Å². The van der Waals surface area contributed by atoms with E-state index in [4.69, 9.17) is 0 Å². The van der Waals surface area contributed by atoms with Gasteiger partial charge in [0, 0.05) is 18.1 Å². The second-order valence-electron chi connectivity index (χ2n) is 5.18. The lowest BCUT2D eigenvalue weighted by Crippen LogP contribution is -2.44. The maximum absolute atomic E-state index is 11.3. The number of aliphatic carboxylic acids is 1. The Morgan fingerprint density at radius 3 is 3.10 bits per heavy atom. The number of aromatic nitrogens is 2. The van der Waals surface area contributed by atoms with E-state index in [0.717, 1.165) is 42.2 Å². The lowest BCUT2D eigenvalue weighted by molar-refractivity contribution is -0.144. The first-order valence-electron chi connectivity index (χ1n) is 7.07. The van der Waals surface area contributed by atoms with E-state index in [0.29, 0.717) is 6.54 Å². The number of rotatable bonds is 4. The lowest BCUT2D eigenvalue weighted by Gasteiger charge is -2.32. The van der Waals surface area contributed by atoms with Crippen LogP contribution >= 0.6 is 11.3 Å². The molecule has 1 fully saturated rings. The molecule has 0 aromatic carbocycles. The van der Waals surface area contributed by atoms with Gasteiger partial charge < -0.3 is 5.11 Å². The third kappa shape index (κ3) is 3.28. The maximum atomic E-state index is 11.3. The summed E-state index contributed by atoms with van der Waals surface area (Å²) in [7, 11) is 0. The Kier molecular flexibility index (Phi) is 4.26. The lowest BCUT2D eigenvalue weighted by atomic mass is 10.0. The van der Waals surface area contributed by atoms with Crippen LogP contribution in [-0.2, 0) is 11.3 Å². The van der Waals surface area contributed by atoms with Crippen molar-refractivity contribution < 1.29 is 9.90 Å². The predicted octanol–water partition coefficient (Wildman–Crippen LogP) is 2.64. The summed E-state index contributed by atoms with van der Waals surface area (Å²) in [5.74, 6) is -0.727. The van der Waals surface area contributed by atoms with Crippen molar-refractivity contribution in [3.05, 3.63) is 35.5 Å². The van der Waals surface area contributed by atoms with Crippen molar-refractivity contribution in [3.8, 4) is 10.7 Å². The number of thiazole rings is 1. The molecule has 6 heteroatoms. The molecular formula is C15H17N3O2S. The Hall–Kier alpha value is -1.79. The van der Waals surface area contributed by atoms with E-state index in [1.54, 1.807) is 17.5 Å². The van der Waals surface area contributed by atoms with Crippen LogP contribution in [0.5, 0.6) is 0 Å². The molecule has 1 aliphatic heterocycles. The highest BCUT2D eigenvalue weighted by Crippen LogP contribution is 2.24. The Morgan fingerprint density at radius 1 is 1.43 bits per heavy atom. The zero-order valence-corrected chi connectivity index (χ0v) is 12.4. The third-order valence-electron chi connectivity index (χ3n) is 3.70. The number of carboxylic acid groups (broad SMARTS) is 1. The molecule has 1 atom stereocenters. The van der Waals surface area contributed by atoms with E-state index < -0.39 is 5.97 Å². The normalized spacial score (nSPS) is 19.5. The third-order valence-corrected chi connectivity index (χ3v) is 4.61. The van der Waals surface area contributed by atoms with Gasteiger partial charge in [-0.2, -0.15) is 0 Å². The van der Waals surface area contributed by atoms with Crippen LogP contribution in [0, 0.1) is 0 Å². The fourth-order valence-corrected chi connectivity index (χ4v) is 3.44. The van der Waals surface area contributed by atoms with Gasteiger partial charge in [-0.05, 0) is 31.5 Å². The smallest absolute Gasteiger partial charge is 0.320 e. The van der Waals surface area contributed by atoms with E-state index in [1.165, 1.54) is 0 Å². The molecule has 0 bridgehead atoms. The van der Waals surface area contributed by atoms with Crippen LogP contribution in [0.1, 0.15) is 25.0 Å². The molecule has 21 heavy (non-hydrogen) atoms. The number of carboxylic acids is 1. The van der Waals surface area contributed by atoms with E-state index >= 15 is 0 Å². The number of hydrogen-bond donors (Lipinski definition) is 1. The Bertz CT molecular complexity index is 614. The molecule has 5 nitrogen and oxygen atoms in total. The summed E-state index contributed by atoms with van der Waals surface area (Å²) in [5, 5.41) is 12.2. The fourth-order valence-electron chi connectivity index (χ4n) is 2.65. The van der Waals surface area contributed by atoms with E-state index in [2.05, 4.69) is 9.97 Å². The van der Waals surface area contributed by atoms with Crippen molar-refractivity contribution in [2.75, 3.05) is 6.54 Å². The van der Waals surface area contributed by atoms with E-state index in [9.17, 15) is 9.90 Å². The van der Waals surface area contributed by atoms with Crippen LogP contribution in [0.25, 0.3) is 10.7 Å². The van der Waals surface area contributed by atoms with Crippen LogP contribution < -0.4 is 0 Å². The number of carbonyl (C=O) groups is 1. The molecule has 0 amide bonds. The van der Waals surface area contributed by atoms with Gasteiger partial charge in [0.2, 0.25) is 0 Å². The number of hydrogen-bond acceptors (Lipinski definition) is 5. The van der Waals surface area contributed by atoms with Crippen LogP contribution in [-0.4, -0.2) is 38.5 Å². The summed E-state index contributed by atoms with van der Waals surface area (Å²) >= 11 is 1.55. The first-order valence-corrected chi connectivity index (χ1v) is 7.94. The first-order chi connectivity index (χ1) is 10.2. The second kappa shape index (κ2) is 6.32. The highest BCUT2D eigenvalue weighted by Gasteiger charge is 2.28. The molecule has 1 aliphatic rings. The number of piperidine rings is 1. The van der Waals surface area contributed by atoms with Gasteiger partial charge in [0.15, 0.2) is 0 Å². The molecule has 3 heterocycles. The average Bonchev–Trinajstić information content (AvgIpc) is 2.97. The van der Waals surface area contributed by atoms with Gasteiger partial charge in [-0.1, -0.05) is 12.5 Å². The standard InChI is InChI=1S/C15H17N3O2S/c19-15(20)13-6-2-4-8-18(13)9-11-10-21-14(17-11)12-5-1-3-7-16-12/h1,3,5,7,10,13H,2,4,6,8-9H2,(H,19,20). The molecule has 1 saturated heterocycles. The Labute approximate surface area is 127 Å². The minimum atomic E-state index is -0.727. The average molecular weight is 303 g/mol. The Balaban J connectivity index is 1.73. The second-order valence-corrected chi connectivity index (χ2v) is 6.04. The monoisotopic (exact) mass is 303 g/mol. The molecule has 2 aromatic rings. The van der Waals surface area contributed by atoms with Crippen molar-refractivity contribution in [2.24, 2.45) is 0 Å². The Morgan fingerprint density at radius 2 is 2.33 bits per heavy atom. The van der Waals surface area contributed by atoms with Gasteiger partial charge in [-0.15, -0.1) is 11.3 Å². The fraction of sp³-hybridized carbons (Fsp3) is 0.400. The van der Waals surface area contributed by atoms with Gasteiger partial charge in [0.05, 0.1) is 11.4 Å². The van der Waals surface area contributed by atoms with Crippen molar-refractivity contribution in [2.45, 2.75) is 31.8 Å². The number of likely N-dealkylation sites (tertiary alicyclic amines) is 1. The predicted molar refractivity (Wildman–Crippen MR) is 81.0 cm³/mol. The molecule has 0 aliphatic carbocycles. The first kappa shape index (κ1) is 14.2. The molecule has 110 valence electrons. The summed E-state index contributed by atoms with van der Waals surface area (Å²) in [5.41, 5.74) is 1.79. The minimum Gasteiger partial charge on any atom is -0.480 e. The molecule has 0 radical (unpaired) electrons. The summed E-state index contributed by atoms with van der Waals surface area (Å²) in [6, 6.07) is 5.38. The minimum absolute atomic E-state index is 0.376. The largest absolute Gasteiger partial charge is 0.480 e. The number of nitrogens with zero attached hydrogens (tertiary/aromatic N) is 3. The van der Waals surface area contributed by atoms with Gasteiger partial charge in [0.25, 0.3) is 0 Å². The van der Waals surface area contributed by atoms with Gasteiger partial charge >= 0.3 is 5.97 Å². The summed E-state index contributed by atoms with van der Waals surface area (Å²) < 4.78 is 0. The van der Waals surface area contributed by atoms with Crippen molar-refractivity contribution in [1.82, 2.24) is 14.9 Å². The zero-order valence-electron chi connectivity index (χ0n) is 11.6. The quantitative estimate of drug-likeness (QED) is 0.940. The zero-order chi connectivity index (χ0) is 14.7. The molecule has 0 saturated carbocycles. The summed E-state index contributed by atoms with van der Waals surface area (Å²) in [6.45, 7) is 1.42. The van der Waals surface area contributed by atoms with Crippen LogP contribution in [0.3, 0.4) is 0 Å². The molecule has 1 unspecified atom stereocenters. The molecular weight excluding hydrogens is 286 g/mol. The highest BCUT2D eigenvalue weighted by molar-refractivity contribution is 7.13. The summed E-state index contributed by atoms with van der Waals surface area (Å²) in [4.78, 5) is 22.2. The molecule has 0 spiro atoms. The van der Waals surface area contributed by atoms with Gasteiger partial charge in [-0.3, -0.25) is 14.7 Å². The van der Waals surface area contributed by atoms with Crippen LogP contribution in [0.4, 0.5) is 0 Å². The van der Waals surface area contributed by atoms with Crippen molar-refractivity contribution in [3.63, 3.8) is 0 Å².